The summed E-state index contributed by atoms with van der Waals surface area (Å²) < 4.78 is 19.1. The lowest BCUT2D eigenvalue weighted by Gasteiger charge is -2.32. The van der Waals surface area contributed by atoms with Gasteiger partial charge in [0.15, 0.2) is 5.41 Å². The molecule has 1 aromatic carbocycles. The second-order valence-electron chi connectivity index (χ2n) is 6.77. The molecule has 0 saturated carbocycles. The molecule has 4 atom stereocenters. The molecule has 2 amide bonds. The van der Waals surface area contributed by atoms with Gasteiger partial charge in [-0.25, -0.2) is 9.18 Å². The highest BCUT2D eigenvalue weighted by Gasteiger charge is 2.65. The summed E-state index contributed by atoms with van der Waals surface area (Å²) in [6.07, 6.45) is 4.11. The predicted octanol–water partition coefficient (Wildman–Crippen LogP) is 0.459. The molecule has 0 aromatic heterocycles. The van der Waals surface area contributed by atoms with E-state index in [0.29, 0.717) is 0 Å². The van der Waals surface area contributed by atoms with E-state index in [4.69, 9.17) is 16.2 Å². The molecule has 2 aliphatic rings. The zero-order valence-electron chi connectivity index (χ0n) is 15.5. The summed E-state index contributed by atoms with van der Waals surface area (Å²) in [5, 5.41) is 10.1. The number of amides is 2. The lowest BCUT2D eigenvalue weighted by atomic mass is 9.68. The number of esters is 1. The van der Waals surface area contributed by atoms with E-state index in [-0.39, 0.29) is 17.7 Å². The molecule has 8 nitrogen and oxygen atoms in total. The fourth-order valence-corrected chi connectivity index (χ4v) is 4.09. The molecule has 1 fully saturated rings. The topological polar surface area (TPSA) is 140 Å². The molecule has 2 aliphatic heterocycles. The number of hydrogen-bond donors (Lipinski definition) is 2. The van der Waals surface area contributed by atoms with Crippen molar-refractivity contribution in [1.82, 2.24) is 4.90 Å². The van der Waals surface area contributed by atoms with Crippen molar-refractivity contribution in [2.24, 2.45) is 16.9 Å². The number of carbonyl (C=O) groups excluding carboxylic acids is 3. The van der Waals surface area contributed by atoms with Gasteiger partial charge in [0.2, 0.25) is 11.8 Å². The van der Waals surface area contributed by atoms with E-state index in [9.17, 15) is 24.0 Å². The van der Waals surface area contributed by atoms with Crippen LogP contribution in [-0.2, 0) is 19.1 Å². The van der Waals surface area contributed by atoms with Gasteiger partial charge in [0.1, 0.15) is 11.9 Å². The van der Waals surface area contributed by atoms with Gasteiger partial charge in [0.05, 0.1) is 24.3 Å². The Labute approximate surface area is 166 Å². The van der Waals surface area contributed by atoms with Gasteiger partial charge in [-0.3, -0.25) is 9.59 Å². The summed E-state index contributed by atoms with van der Waals surface area (Å²) >= 11 is 0. The van der Waals surface area contributed by atoms with Crippen LogP contribution in [0.15, 0.2) is 48.2 Å². The number of benzene rings is 1. The van der Waals surface area contributed by atoms with Gasteiger partial charge in [0.25, 0.3) is 0 Å². The maximum absolute atomic E-state index is 14.0. The summed E-state index contributed by atoms with van der Waals surface area (Å²) in [6, 6.07) is 5.06. The first-order valence-electron chi connectivity index (χ1n) is 8.88. The Morgan fingerprint density at radius 1 is 1.34 bits per heavy atom. The molecule has 1 unspecified atom stereocenters. The first-order chi connectivity index (χ1) is 13.8. The van der Waals surface area contributed by atoms with E-state index in [0.717, 1.165) is 6.07 Å². The monoisotopic (exact) mass is 398 g/mol. The van der Waals surface area contributed by atoms with Crippen molar-refractivity contribution in [3.8, 4) is 6.07 Å². The number of fused-ring (bicyclic) bond motifs is 1. The minimum absolute atomic E-state index is 0.0437. The highest BCUT2D eigenvalue weighted by molar-refractivity contribution is 5.96. The van der Waals surface area contributed by atoms with E-state index in [1.165, 1.54) is 41.5 Å². The molecule has 29 heavy (non-hydrogen) atoms. The van der Waals surface area contributed by atoms with E-state index < -0.39 is 47.0 Å². The second-order valence-corrected chi connectivity index (χ2v) is 6.77. The average molecular weight is 398 g/mol. The van der Waals surface area contributed by atoms with Crippen LogP contribution in [0.5, 0.6) is 0 Å². The SMILES string of the molecule is CCOC(=O)[C@H]1C(c2cccc(F)c2)[C@](C#N)(C(N)=O)[C@@H]2C=CC(C(N)=O)=CN21. The standard InChI is InChI=1S/C20H19FN4O4/c1-2-29-18(27)16-15(11-4-3-5-13(21)8-11)20(10-22,19(24)28)14-7-6-12(17(23)26)9-25(14)16/h3-9,14-16H,2H2,1H3,(H2,23,26)(H2,24,28)/t14-,15?,16+,20+/m0/s1. The fraction of sp³-hybridized carbons (Fsp3) is 0.300. The molecular weight excluding hydrogens is 379 g/mol. The molecule has 3 rings (SSSR count). The zero-order valence-corrected chi connectivity index (χ0v) is 15.5. The molecule has 0 spiro atoms. The average Bonchev–Trinajstić information content (AvgIpc) is 2.98. The van der Waals surface area contributed by atoms with E-state index in [1.54, 1.807) is 6.92 Å². The number of rotatable bonds is 5. The van der Waals surface area contributed by atoms with Gasteiger partial charge in [-0.1, -0.05) is 18.2 Å². The molecule has 1 saturated heterocycles. The third-order valence-electron chi connectivity index (χ3n) is 5.27. The van der Waals surface area contributed by atoms with Crippen LogP contribution in [0.1, 0.15) is 18.4 Å². The van der Waals surface area contributed by atoms with Crippen LogP contribution in [0.25, 0.3) is 0 Å². The van der Waals surface area contributed by atoms with Crippen molar-refractivity contribution in [2.75, 3.05) is 6.61 Å². The molecule has 0 aliphatic carbocycles. The Balaban J connectivity index is 2.29. The van der Waals surface area contributed by atoms with Crippen LogP contribution in [0.4, 0.5) is 4.39 Å². The minimum Gasteiger partial charge on any atom is -0.464 e. The number of hydrogen-bond acceptors (Lipinski definition) is 6. The summed E-state index contributed by atoms with van der Waals surface area (Å²) in [6.45, 7) is 1.65. The highest BCUT2D eigenvalue weighted by Crippen LogP contribution is 2.53. The summed E-state index contributed by atoms with van der Waals surface area (Å²) in [4.78, 5) is 38.5. The van der Waals surface area contributed by atoms with Gasteiger partial charge < -0.3 is 21.1 Å². The Kier molecular flexibility index (Phi) is 5.12. The van der Waals surface area contributed by atoms with Crippen LogP contribution in [0.3, 0.4) is 0 Å². The second kappa shape index (κ2) is 7.39. The molecule has 4 N–H and O–H groups in total. The van der Waals surface area contributed by atoms with Crippen molar-refractivity contribution in [2.45, 2.75) is 24.9 Å². The minimum atomic E-state index is -1.92. The van der Waals surface area contributed by atoms with Gasteiger partial charge in [0, 0.05) is 12.1 Å². The zero-order chi connectivity index (χ0) is 21.3. The lowest BCUT2D eigenvalue weighted by Crippen LogP contribution is -2.48. The number of nitrogens with two attached hydrogens (primary N) is 2. The number of carbonyl (C=O) groups is 3. The molecule has 0 radical (unpaired) electrons. The van der Waals surface area contributed by atoms with Crippen LogP contribution in [0.2, 0.25) is 0 Å². The van der Waals surface area contributed by atoms with Crippen molar-refractivity contribution >= 4 is 17.8 Å². The predicted molar refractivity (Wildman–Crippen MR) is 98.8 cm³/mol. The maximum atomic E-state index is 14.0. The summed E-state index contributed by atoms with van der Waals surface area (Å²) in [5.41, 5.74) is 9.41. The summed E-state index contributed by atoms with van der Waals surface area (Å²) in [5.74, 6) is -4.21. The first-order valence-corrected chi connectivity index (χ1v) is 8.88. The number of halogens is 1. The Morgan fingerprint density at radius 3 is 2.62 bits per heavy atom. The number of nitriles is 1. The first kappa shape index (κ1) is 20.1. The van der Waals surface area contributed by atoms with Gasteiger partial charge in [-0.15, -0.1) is 0 Å². The van der Waals surface area contributed by atoms with Gasteiger partial charge >= 0.3 is 5.97 Å². The Hall–Kier alpha value is -3.67. The molecule has 0 bridgehead atoms. The number of nitrogens with zero attached hydrogens (tertiary/aromatic N) is 2. The Morgan fingerprint density at radius 2 is 2.07 bits per heavy atom. The molecule has 150 valence electrons. The van der Waals surface area contributed by atoms with E-state index in [1.807, 2.05) is 6.07 Å². The third kappa shape index (κ3) is 3.02. The lowest BCUT2D eigenvalue weighted by molar-refractivity contribution is -0.148. The summed E-state index contributed by atoms with van der Waals surface area (Å²) in [7, 11) is 0. The van der Waals surface area contributed by atoms with Gasteiger partial charge in [-0.05, 0) is 30.7 Å². The molecule has 2 heterocycles. The number of primary amides is 2. The highest BCUT2D eigenvalue weighted by atomic mass is 19.1. The van der Waals surface area contributed by atoms with Crippen molar-refractivity contribution in [3.05, 3.63) is 59.6 Å². The van der Waals surface area contributed by atoms with Crippen molar-refractivity contribution in [1.29, 1.82) is 5.26 Å². The smallest absolute Gasteiger partial charge is 0.329 e. The largest absolute Gasteiger partial charge is 0.464 e. The molecule has 9 heteroatoms. The van der Waals surface area contributed by atoms with E-state index >= 15 is 0 Å². The van der Waals surface area contributed by atoms with Crippen molar-refractivity contribution < 1.29 is 23.5 Å². The van der Waals surface area contributed by atoms with Crippen LogP contribution in [-0.4, -0.2) is 41.4 Å². The van der Waals surface area contributed by atoms with E-state index in [2.05, 4.69) is 0 Å². The quantitative estimate of drug-likeness (QED) is 0.691. The van der Waals surface area contributed by atoms with Crippen LogP contribution >= 0.6 is 0 Å². The Bertz CT molecular complexity index is 983. The van der Waals surface area contributed by atoms with Crippen molar-refractivity contribution in [3.63, 3.8) is 0 Å². The molecule has 1 aromatic rings. The van der Waals surface area contributed by atoms with Gasteiger partial charge in [-0.2, -0.15) is 5.26 Å². The third-order valence-corrected chi connectivity index (χ3v) is 5.27. The fourth-order valence-electron chi connectivity index (χ4n) is 4.09. The van der Waals surface area contributed by atoms with Crippen LogP contribution < -0.4 is 11.5 Å². The maximum Gasteiger partial charge on any atom is 0.329 e. The molecular formula is C20H19FN4O4. The van der Waals surface area contributed by atoms with Crippen LogP contribution in [0, 0.1) is 22.6 Å². The normalized spacial score (nSPS) is 27.6. The number of ether oxygens (including phenoxy) is 1.